The lowest BCUT2D eigenvalue weighted by Gasteiger charge is -2.41. The largest absolute Gasteiger partial charge is 0.497 e. The molecule has 3 unspecified atom stereocenters. The number of ether oxygens (including phenoxy) is 2. The van der Waals surface area contributed by atoms with Crippen LogP contribution >= 0.6 is 0 Å². The molecule has 0 radical (unpaired) electrons. The lowest BCUT2D eigenvalue weighted by molar-refractivity contribution is 0.153. The van der Waals surface area contributed by atoms with Crippen molar-refractivity contribution in [1.29, 1.82) is 0 Å². The standard InChI is InChI=1S/C18H29NO2/c1-18(2,3)12-6-9-16(19)15(10-12)14-8-7-13(20-4)11-17(14)21-5/h7-8,11-12,15-16H,6,9-10,19H2,1-5H3. The molecule has 0 saturated heterocycles. The average molecular weight is 291 g/mol. The number of hydrogen-bond acceptors (Lipinski definition) is 3. The summed E-state index contributed by atoms with van der Waals surface area (Å²) in [6.07, 6.45) is 3.44. The molecule has 0 aromatic heterocycles. The molecule has 0 aliphatic heterocycles. The van der Waals surface area contributed by atoms with E-state index in [0.717, 1.165) is 24.3 Å². The SMILES string of the molecule is COc1ccc(C2CC(C(C)(C)C)CCC2N)c(OC)c1. The Morgan fingerprint density at radius 3 is 2.38 bits per heavy atom. The summed E-state index contributed by atoms with van der Waals surface area (Å²) in [5.74, 6) is 2.79. The molecule has 3 atom stereocenters. The van der Waals surface area contributed by atoms with Crippen molar-refractivity contribution >= 4 is 0 Å². The predicted octanol–water partition coefficient (Wildman–Crippen LogP) is 3.96. The highest BCUT2D eigenvalue weighted by atomic mass is 16.5. The Bertz CT molecular complexity index is 479. The molecular weight excluding hydrogens is 262 g/mol. The first-order chi connectivity index (χ1) is 9.86. The van der Waals surface area contributed by atoms with Gasteiger partial charge >= 0.3 is 0 Å². The first kappa shape index (κ1) is 16.2. The Hall–Kier alpha value is -1.22. The lowest BCUT2D eigenvalue weighted by atomic mass is 9.66. The number of hydrogen-bond donors (Lipinski definition) is 1. The van der Waals surface area contributed by atoms with E-state index in [9.17, 15) is 0 Å². The minimum absolute atomic E-state index is 0.214. The summed E-state index contributed by atoms with van der Waals surface area (Å²) >= 11 is 0. The third-order valence-corrected chi connectivity index (χ3v) is 4.97. The van der Waals surface area contributed by atoms with E-state index in [4.69, 9.17) is 15.2 Å². The summed E-state index contributed by atoms with van der Waals surface area (Å²) in [6.45, 7) is 6.99. The van der Waals surface area contributed by atoms with E-state index in [2.05, 4.69) is 26.8 Å². The summed E-state index contributed by atoms with van der Waals surface area (Å²) in [5.41, 5.74) is 7.98. The maximum Gasteiger partial charge on any atom is 0.126 e. The van der Waals surface area contributed by atoms with Crippen molar-refractivity contribution in [2.24, 2.45) is 17.1 Å². The van der Waals surface area contributed by atoms with Crippen molar-refractivity contribution in [3.63, 3.8) is 0 Å². The summed E-state index contributed by atoms with van der Waals surface area (Å²) in [5, 5.41) is 0. The molecule has 2 N–H and O–H groups in total. The van der Waals surface area contributed by atoms with Crippen LogP contribution in [0.1, 0.15) is 51.5 Å². The van der Waals surface area contributed by atoms with Crippen LogP contribution in [0.15, 0.2) is 18.2 Å². The van der Waals surface area contributed by atoms with E-state index < -0.39 is 0 Å². The monoisotopic (exact) mass is 291 g/mol. The van der Waals surface area contributed by atoms with Crippen LogP contribution in [0.3, 0.4) is 0 Å². The van der Waals surface area contributed by atoms with Crippen molar-refractivity contribution < 1.29 is 9.47 Å². The first-order valence-electron chi connectivity index (χ1n) is 7.84. The van der Waals surface area contributed by atoms with Crippen LogP contribution in [0.2, 0.25) is 0 Å². The first-order valence-corrected chi connectivity index (χ1v) is 7.84. The molecule has 21 heavy (non-hydrogen) atoms. The minimum atomic E-state index is 0.214. The molecule has 1 aromatic carbocycles. The molecule has 1 saturated carbocycles. The molecule has 0 bridgehead atoms. The van der Waals surface area contributed by atoms with E-state index in [1.807, 2.05) is 12.1 Å². The highest BCUT2D eigenvalue weighted by Crippen LogP contribution is 2.45. The summed E-state index contributed by atoms with van der Waals surface area (Å²) in [7, 11) is 3.39. The Morgan fingerprint density at radius 2 is 1.81 bits per heavy atom. The molecule has 1 fully saturated rings. The molecule has 3 heteroatoms. The average Bonchev–Trinajstić information content (AvgIpc) is 2.46. The van der Waals surface area contributed by atoms with E-state index >= 15 is 0 Å². The van der Waals surface area contributed by atoms with E-state index in [-0.39, 0.29) is 6.04 Å². The fourth-order valence-electron chi connectivity index (χ4n) is 3.46. The van der Waals surface area contributed by atoms with Gasteiger partial charge in [-0.25, -0.2) is 0 Å². The number of methoxy groups -OCH3 is 2. The quantitative estimate of drug-likeness (QED) is 0.916. The summed E-state index contributed by atoms with van der Waals surface area (Å²) < 4.78 is 10.9. The van der Waals surface area contributed by atoms with E-state index in [0.29, 0.717) is 17.3 Å². The molecule has 0 spiro atoms. The molecule has 1 aliphatic carbocycles. The fourth-order valence-corrected chi connectivity index (χ4v) is 3.46. The zero-order valence-corrected chi connectivity index (χ0v) is 14.0. The topological polar surface area (TPSA) is 44.5 Å². The minimum Gasteiger partial charge on any atom is -0.497 e. The molecule has 118 valence electrons. The second-order valence-electron chi connectivity index (χ2n) is 7.25. The Balaban J connectivity index is 2.30. The van der Waals surface area contributed by atoms with Crippen LogP contribution in [0, 0.1) is 11.3 Å². The van der Waals surface area contributed by atoms with Crippen molar-refractivity contribution in [3.8, 4) is 11.5 Å². The van der Waals surface area contributed by atoms with Gasteiger partial charge in [-0.05, 0) is 42.2 Å². The molecule has 0 heterocycles. The predicted molar refractivity (Wildman–Crippen MR) is 87.1 cm³/mol. The van der Waals surface area contributed by atoms with Gasteiger partial charge in [-0.1, -0.05) is 26.8 Å². The van der Waals surface area contributed by atoms with Crippen LogP contribution in [-0.2, 0) is 0 Å². The fraction of sp³-hybridized carbons (Fsp3) is 0.667. The Kier molecular flexibility index (Phi) is 4.82. The van der Waals surface area contributed by atoms with Crippen LogP contribution in [-0.4, -0.2) is 20.3 Å². The van der Waals surface area contributed by atoms with Gasteiger partial charge in [0.05, 0.1) is 14.2 Å². The highest BCUT2D eigenvalue weighted by Gasteiger charge is 2.36. The third kappa shape index (κ3) is 3.52. The van der Waals surface area contributed by atoms with Crippen LogP contribution in [0.5, 0.6) is 11.5 Å². The molecule has 3 nitrogen and oxygen atoms in total. The zero-order chi connectivity index (χ0) is 15.6. The highest BCUT2D eigenvalue weighted by molar-refractivity contribution is 5.43. The molecule has 0 amide bonds. The van der Waals surface area contributed by atoms with Gasteiger partial charge in [0.15, 0.2) is 0 Å². The van der Waals surface area contributed by atoms with Crippen molar-refractivity contribution in [1.82, 2.24) is 0 Å². The van der Waals surface area contributed by atoms with Gasteiger partial charge in [0.2, 0.25) is 0 Å². The van der Waals surface area contributed by atoms with Crippen LogP contribution < -0.4 is 15.2 Å². The van der Waals surface area contributed by atoms with Crippen molar-refractivity contribution in [2.45, 2.75) is 52.0 Å². The van der Waals surface area contributed by atoms with Gasteiger partial charge in [-0.2, -0.15) is 0 Å². The summed E-state index contributed by atoms with van der Waals surface area (Å²) in [4.78, 5) is 0. The van der Waals surface area contributed by atoms with Gasteiger partial charge in [-0.3, -0.25) is 0 Å². The van der Waals surface area contributed by atoms with Gasteiger partial charge in [0.25, 0.3) is 0 Å². The van der Waals surface area contributed by atoms with Crippen molar-refractivity contribution in [3.05, 3.63) is 23.8 Å². The smallest absolute Gasteiger partial charge is 0.126 e. The number of nitrogens with two attached hydrogens (primary N) is 1. The lowest BCUT2D eigenvalue weighted by Crippen LogP contribution is -2.38. The Morgan fingerprint density at radius 1 is 1.10 bits per heavy atom. The van der Waals surface area contributed by atoms with Crippen molar-refractivity contribution in [2.75, 3.05) is 14.2 Å². The Labute approximate surface area is 128 Å². The van der Waals surface area contributed by atoms with E-state index in [1.54, 1.807) is 14.2 Å². The van der Waals surface area contributed by atoms with Gasteiger partial charge in [0, 0.05) is 18.0 Å². The van der Waals surface area contributed by atoms with Crippen LogP contribution in [0.4, 0.5) is 0 Å². The second-order valence-corrected chi connectivity index (χ2v) is 7.25. The van der Waals surface area contributed by atoms with Gasteiger partial charge in [0.1, 0.15) is 11.5 Å². The summed E-state index contributed by atoms with van der Waals surface area (Å²) in [6, 6.07) is 6.30. The van der Waals surface area contributed by atoms with Gasteiger partial charge < -0.3 is 15.2 Å². The molecule has 2 rings (SSSR count). The normalized spacial score (nSPS) is 26.5. The maximum atomic E-state index is 6.42. The zero-order valence-electron chi connectivity index (χ0n) is 14.0. The van der Waals surface area contributed by atoms with Gasteiger partial charge in [-0.15, -0.1) is 0 Å². The number of rotatable bonds is 3. The maximum absolute atomic E-state index is 6.42. The third-order valence-electron chi connectivity index (χ3n) is 4.97. The number of benzene rings is 1. The molecule has 1 aliphatic rings. The molecular formula is C18H29NO2. The van der Waals surface area contributed by atoms with Crippen LogP contribution in [0.25, 0.3) is 0 Å². The van der Waals surface area contributed by atoms with E-state index in [1.165, 1.54) is 12.0 Å². The second kappa shape index (κ2) is 6.27. The molecule has 1 aromatic rings.